The Labute approximate surface area is 133 Å². The molecule has 3 rings (SSSR count). The van der Waals surface area contributed by atoms with Gasteiger partial charge in [-0.05, 0) is 48.5 Å². The van der Waals surface area contributed by atoms with Crippen LogP contribution in [0.15, 0.2) is 89.2 Å². The molecule has 3 aromatic rings. The van der Waals surface area contributed by atoms with Gasteiger partial charge >= 0.3 is 0 Å². The van der Waals surface area contributed by atoms with Crippen molar-refractivity contribution in [2.24, 2.45) is 10.2 Å². The second-order valence-corrected chi connectivity index (χ2v) is 4.75. The summed E-state index contributed by atoms with van der Waals surface area (Å²) in [5.41, 5.74) is 2.56. The second-order valence-electron chi connectivity index (χ2n) is 4.75. The molecule has 1 N–H and O–H groups in total. The second kappa shape index (κ2) is 7.09. The van der Waals surface area contributed by atoms with Crippen LogP contribution in [0.3, 0.4) is 0 Å². The summed E-state index contributed by atoms with van der Waals surface area (Å²) < 4.78 is 0. The predicted molar refractivity (Wildman–Crippen MR) is 89.3 cm³/mol. The van der Waals surface area contributed by atoms with Gasteiger partial charge in [0.15, 0.2) is 0 Å². The number of rotatable bonds is 4. The van der Waals surface area contributed by atoms with Crippen molar-refractivity contribution in [3.05, 3.63) is 84.7 Å². The molecule has 5 nitrogen and oxygen atoms in total. The van der Waals surface area contributed by atoms with E-state index in [9.17, 15) is 4.79 Å². The van der Waals surface area contributed by atoms with E-state index >= 15 is 0 Å². The van der Waals surface area contributed by atoms with Crippen LogP contribution in [0.4, 0.5) is 17.1 Å². The zero-order valence-electron chi connectivity index (χ0n) is 12.3. The maximum atomic E-state index is 12.0. The first-order valence-electron chi connectivity index (χ1n) is 7.10. The molecule has 1 heterocycles. The van der Waals surface area contributed by atoms with Crippen molar-refractivity contribution in [1.29, 1.82) is 0 Å². The molecule has 23 heavy (non-hydrogen) atoms. The van der Waals surface area contributed by atoms with Gasteiger partial charge in [0.05, 0.1) is 11.4 Å². The van der Waals surface area contributed by atoms with Gasteiger partial charge in [-0.2, -0.15) is 10.2 Å². The van der Waals surface area contributed by atoms with Crippen molar-refractivity contribution >= 4 is 23.0 Å². The molecule has 0 aliphatic rings. The SMILES string of the molecule is O=C(Nc1ccc(N=Nc2ccccc2)cc1)c1ccccn1. The van der Waals surface area contributed by atoms with Crippen molar-refractivity contribution in [1.82, 2.24) is 4.98 Å². The number of anilines is 1. The molecule has 0 radical (unpaired) electrons. The fourth-order valence-electron chi connectivity index (χ4n) is 1.91. The lowest BCUT2D eigenvalue weighted by atomic mass is 10.2. The average molecular weight is 302 g/mol. The van der Waals surface area contributed by atoms with E-state index in [-0.39, 0.29) is 5.91 Å². The van der Waals surface area contributed by atoms with Crippen molar-refractivity contribution < 1.29 is 4.79 Å². The molecule has 0 bridgehead atoms. The Morgan fingerprint density at radius 3 is 2.09 bits per heavy atom. The molecule has 1 aromatic heterocycles. The van der Waals surface area contributed by atoms with Crippen LogP contribution >= 0.6 is 0 Å². The van der Waals surface area contributed by atoms with Crippen molar-refractivity contribution in [3.8, 4) is 0 Å². The number of aromatic nitrogens is 1. The van der Waals surface area contributed by atoms with E-state index in [1.807, 2.05) is 30.3 Å². The van der Waals surface area contributed by atoms with Crippen molar-refractivity contribution in [2.45, 2.75) is 0 Å². The Bertz CT molecular complexity index is 799. The third kappa shape index (κ3) is 4.07. The Kier molecular flexibility index (Phi) is 4.49. The maximum Gasteiger partial charge on any atom is 0.274 e. The number of hydrogen-bond acceptors (Lipinski definition) is 4. The average Bonchev–Trinajstić information content (AvgIpc) is 2.63. The summed E-state index contributed by atoms with van der Waals surface area (Å²) in [6, 6.07) is 21.8. The van der Waals surface area contributed by atoms with E-state index in [1.54, 1.807) is 48.7 Å². The topological polar surface area (TPSA) is 66.7 Å². The number of benzene rings is 2. The van der Waals surface area contributed by atoms with Crippen molar-refractivity contribution in [3.63, 3.8) is 0 Å². The van der Waals surface area contributed by atoms with Crippen LogP contribution in [0, 0.1) is 0 Å². The van der Waals surface area contributed by atoms with Gasteiger partial charge in [0.1, 0.15) is 5.69 Å². The van der Waals surface area contributed by atoms with Crippen LogP contribution in [0.25, 0.3) is 0 Å². The molecule has 2 aromatic carbocycles. The Morgan fingerprint density at radius 2 is 1.43 bits per heavy atom. The van der Waals surface area contributed by atoms with Gasteiger partial charge < -0.3 is 5.32 Å². The minimum atomic E-state index is -0.246. The first-order chi connectivity index (χ1) is 11.3. The zero-order valence-corrected chi connectivity index (χ0v) is 12.3. The molecule has 0 saturated heterocycles. The summed E-state index contributed by atoms with van der Waals surface area (Å²) >= 11 is 0. The number of azo groups is 1. The number of nitrogens with one attached hydrogen (secondary N) is 1. The molecule has 0 fully saturated rings. The van der Waals surface area contributed by atoms with Gasteiger partial charge in [-0.25, -0.2) is 0 Å². The largest absolute Gasteiger partial charge is 0.321 e. The van der Waals surface area contributed by atoms with Crippen LogP contribution in [0.5, 0.6) is 0 Å². The van der Waals surface area contributed by atoms with Crippen LogP contribution in [-0.4, -0.2) is 10.9 Å². The number of nitrogens with zero attached hydrogens (tertiary/aromatic N) is 3. The molecule has 0 saturated carbocycles. The Balaban J connectivity index is 1.65. The van der Waals surface area contributed by atoms with Gasteiger partial charge in [0.25, 0.3) is 5.91 Å². The standard InChI is InChI=1S/C18H14N4O/c23-18(17-8-4-5-13-19-17)20-14-9-11-16(12-10-14)22-21-15-6-2-1-3-7-15/h1-13H,(H,20,23). The van der Waals surface area contributed by atoms with Gasteiger partial charge in [-0.1, -0.05) is 24.3 Å². The zero-order chi connectivity index (χ0) is 15.9. The Hall–Kier alpha value is -3.34. The number of hydrogen-bond donors (Lipinski definition) is 1. The van der Waals surface area contributed by atoms with E-state index in [2.05, 4.69) is 20.5 Å². The monoisotopic (exact) mass is 302 g/mol. The van der Waals surface area contributed by atoms with Gasteiger partial charge in [-0.3, -0.25) is 9.78 Å². The normalized spacial score (nSPS) is 10.6. The lowest BCUT2D eigenvalue weighted by Crippen LogP contribution is -2.13. The van der Waals surface area contributed by atoms with Crippen LogP contribution in [0.1, 0.15) is 10.5 Å². The molecule has 0 aliphatic carbocycles. The highest BCUT2D eigenvalue weighted by Crippen LogP contribution is 2.20. The van der Waals surface area contributed by atoms with Crippen LogP contribution in [0.2, 0.25) is 0 Å². The van der Waals surface area contributed by atoms with Crippen LogP contribution < -0.4 is 5.32 Å². The van der Waals surface area contributed by atoms with E-state index in [0.29, 0.717) is 17.1 Å². The first kappa shape index (κ1) is 14.6. The fraction of sp³-hybridized carbons (Fsp3) is 0. The number of amides is 1. The molecule has 0 spiro atoms. The summed E-state index contributed by atoms with van der Waals surface area (Å²) in [5.74, 6) is -0.246. The van der Waals surface area contributed by atoms with Crippen LogP contribution in [-0.2, 0) is 0 Å². The van der Waals surface area contributed by atoms with E-state index in [0.717, 1.165) is 5.69 Å². The maximum absolute atomic E-state index is 12.0. The summed E-state index contributed by atoms with van der Waals surface area (Å²) in [6.07, 6.45) is 1.59. The highest BCUT2D eigenvalue weighted by Gasteiger charge is 2.06. The summed E-state index contributed by atoms with van der Waals surface area (Å²) in [5, 5.41) is 11.1. The third-order valence-electron chi connectivity index (χ3n) is 3.06. The molecule has 0 aliphatic heterocycles. The van der Waals surface area contributed by atoms with E-state index in [1.165, 1.54) is 0 Å². The summed E-state index contributed by atoms with van der Waals surface area (Å²) in [4.78, 5) is 16.0. The van der Waals surface area contributed by atoms with E-state index < -0.39 is 0 Å². The minimum Gasteiger partial charge on any atom is -0.321 e. The van der Waals surface area contributed by atoms with Gasteiger partial charge in [0, 0.05) is 11.9 Å². The van der Waals surface area contributed by atoms with Crippen molar-refractivity contribution in [2.75, 3.05) is 5.32 Å². The summed E-state index contributed by atoms with van der Waals surface area (Å²) in [6.45, 7) is 0. The fourth-order valence-corrected chi connectivity index (χ4v) is 1.91. The minimum absolute atomic E-state index is 0.246. The smallest absolute Gasteiger partial charge is 0.274 e. The highest BCUT2D eigenvalue weighted by molar-refractivity contribution is 6.02. The molecule has 0 atom stereocenters. The third-order valence-corrected chi connectivity index (χ3v) is 3.06. The lowest BCUT2D eigenvalue weighted by Gasteiger charge is -2.04. The number of carbonyl (C=O) groups is 1. The molecular weight excluding hydrogens is 288 g/mol. The molecule has 0 unspecified atom stereocenters. The number of pyridine rings is 1. The first-order valence-corrected chi connectivity index (χ1v) is 7.10. The van der Waals surface area contributed by atoms with Gasteiger partial charge in [-0.15, -0.1) is 0 Å². The summed E-state index contributed by atoms with van der Waals surface area (Å²) in [7, 11) is 0. The molecule has 112 valence electrons. The molecule has 5 heteroatoms. The van der Waals surface area contributed by atoms with Gasteiger partial charge in [0.2, 0.25) is 0 Å². The van der Waals surface area contributed by atoms with E-state index in [4.69, 9.17) is 0 Å². The molecular formula is C18H14N4O. The highest BCUT2D eigenvalue weighted by atomic mass is 16.1. The lowest BCUT2D eigenvalue weighted by molar-refractivity contribution is 0.102. The number of carbonyl (C=O) groups excluding carboxylic acids is 1. The Morgan fingerprint density at radius 1 is 0.783 bits per heavy atom. The quantitative estimate of drug-likeness (QED) is 0.707. The molecule has 1 amide bonds. The predicted octanol–water partition coefficient (Wildman–Crippen LogP) is 4.75.